The van der Waals surface area contributed by atoms with Crippen LogP contribution in [0, 0.1) is 12.7 Å². The summed E-state index contributed by atoms with van der Waals surface area (Å²) in [7, 11) is 2.89. The van der Waals surface area contributed by atoms with E-state index in [9.17, 15) is 14.0 Å². The van der Waals surface area contributed by atoms with Gasteiger partial charge in [0.15, 0.2) is 11.6 Å². The van der Waals surface area contributed by atoms with Crippen LogP contribution in [-0.4, -0.2) is 26.0 Å². The first-order valence-electron chi connectivity index (χ1n) is 6.94. The van der Waals surface area contributed by atoms with Crippen LogP contribution in [0.5, 0.6) is 5.75 Å². The number of nitrogens with one attached hydrogen (secondary N) is 2. The van der Waals surface area contributed by atoms with Crippen molar-refractivity contribution in [2.24, 2.45) is 0 Å². The molecule has 0 aliphatic carbocycles. The summed E-state index contributed by atoms with van der Waals surface area (Å²) in [5, 5.41) is 5.22. The molecule has 0 unspecified atom stereocenters. The number of ether oxygens (including phenoxy) is 1. The third-order valence-electron chi connectivity index (χ3n) is 3.47. The van der Waals surface area contributed by atoms with Gasteiger partial charge in [0, 0.05) is 23.9 Å². The second-order valence-electron chi connectivity index (χ2n) is 4.86. The molecule has 23 heavy (non-hydrogen) atoms. The lowest BCUT2D eigenvalue weighted by atomic mass is 10.1. The van der Waals surface area contributed by atoms with Gasteiger partial charge in [-0.05, 0) is 42.8 Å². The van der Waals surface area contributed by atoms with Crippen molar-refractivity contribution in [1.82, 2.24) is 5.32 Å². The molecule has 0 atom stereocenters. The van der Waals surface area contributed by atoms with Crippen LogP contribution in [0.2, 0.25) is 0 Å². The Bertz CT molecular complexity index is 759. The zero-order chi connectivity index (χ0) is 17.0. The Labute approximate surface area is 133 Å². The van der Waals surface area contributed by atoms with Gasteiger partial charge in [-0.1, -0.05) is 6.07 Å². The fourth-order valence-electron chi connectivity index (χ4n) is 2.15. The van der Waals surface area contributed by atoms with Crippen molar-refractivity contribution in [2.75, 3.05) is 19.5 Å². The second kappa shape index (κ2) is 6.91. The molecule has 0 bridgehead atoms. The normalized spacial score (nSPS) is 10.1. The van der Waals surface area contributed by atoms with E-state index in [1.165, 1.54) is 26.3 Å². The zero-order valence-corrected chi connectivity index (χ0v) is 13.1. The highest BCUT2D eigenvalue weighted by molar-refractivity contribution is 6.06. The van der Waals surface area contributed by atoms with Gasteiger partial charge < -0.3 is 15.4 Å². The zero-order valence-electron chi connectivity index (χ0n) is 13.1. The van der Waals surface area contributed by atoms with Gasteiger partial charge in [-0.15, -0.1) is 0 Å². The molecule has 0 heterocycles. The second-order valence-corrected chi connectivity index (χ2v) is 4.86. The fraction of sp³-hybridized carbons (Fsp3) is 0.176. The monoisotopic (exact) mass is 316 g/mol. The van der Waals surface area contributed by atoms with Crippen LogP contribution in [0.25, 0.3) is 0 Å². The Morgan fingerprint density at radius 1 is 1.13 bits per heavy atom. The lowest BCUT2D eigenvalue weighted by molar-refractivity contribution is 0.0960. The average molecular weight is 316 g/mol. The van der Waals surface area contributed by atoms with Gasteiger partial charge in [0.05, 0.1) is 7.11 Å². The number of halogens is 1. The van der Waals surface area contributed by atoms with Crippen LogP contribution in [-0.2, 0) is 0 Å². The molecule has 120 valence electrons. The SMILES string of the molecule is CNC(=O)c1cccc(NC(=O)c2ccc(OC)c(F)c2)c1C. The summed E-state index contributed by atoms with van der Waals surface area (Å²) in [6.45, 7) is 1.73. The number of carbonyl (C=O) groups excluding carboxylic acids is 2. The standard InChI is InChI=1S/C17H17FN2O3/c1-10-12(17(22)19-2)5-4-6-14(10)20-16(21)11-7-8-15(23-3)13(18)9-11/h4-9H,1-3H3,(H,19,22)(H,20,21). The minimum atomic E-state index is -0.615. The summed E-state index contributed by atoms with van der Waals surface area (Å²) in [6, 6.07) is 8.97. The summed E-state index contributed by atoms with van der Waals surface area (Å²) in [5.74, 6) is -1.26. The molecule has 2 aromatic rings. The van der Waals surface area contributed by atoms with Gasteiger partial charge in [-0.2, -0.15) is 0 Å². The van der Waals surface area contributed by atoms with E-state index >= 15 is 0 Å². The lowest BCUT2D eigenvalue weighted by Gasteiger charge is -2.12. The van der Waals surface area contributed by atoms with E-state index in [0.29, 0.717) is 16.8 Å². The molecular formula is C17H17FN2O3. The maximum Gasteiger partial charge on any atom is 0.255 e. The first kappa shape index (κ1) is 16.5. The summed E-state index contributed by atoms with van der Waals surface area (Å²) in [4.78, 5) is 24.0. The summed E-state index contributed by atoms with van der Waals surface area (Å²) < 4.78 is 18.5. The first-order valence-corrected chi connectivity index (χ1v) is 6.94. The van der Waals surface area contributed by atoms with Gasteiger partial charge >= 0.3 is 0 Å². The van der Waals surface area contributed by atoms with E-state index in [0.717, 1.165) is 6.07 Å². The number of rotatable bonds is 4. The van der Waals surface area contributed by atoms with Crippen LogP contribution in [0.1, 0.15) is 26.3 Å². The number of hydrogen-bond acceptors (Lipinski definition) is 3. The van der Waals surface area contributed by atoms with Crippen LogP contribution < -0.4 is 15.4 Å². The quantitative estimate of drug-likeness (QED) is 0.911. The summed E-state index contributed by atoms with van der Waals surface area (Å²) in [5.41, 5.74) is 1.75. The van der Waals surface area contributed by atoms with Crippen molar-refractivity contribution in [2.45, 2.75) is 6.92 Å². The topological polar surface area (TPSA) is 67.4 Å². The minimum absolute atomic E-state index is 0.0688. The molecule has 2 N–H and O–H groups in total. The van der Waals surface area contributed by atoms with Gasteiger partial charge in [-0.25, -0.2) is 4.39 Å². The highest BCUT2D eigenvalue weighted by Gasteiger charge is 2.14. The van der Waals surface area contributed by atoms with Crippen LogP contribution in [0.15, 0.2) is 36.4 Å². The highest BCUT2D eigenvalue weighted by Crippen LogP contribution is 2.22. The molecule has 0 saturated carbocycles. The van der Waals surface area contributed by atoms with Gasteiger partial charge in [0.2, 0.25) is 0 Å². The molecule has 0 aliphatic rings. The fourth-order valence-corrected chi connectivity index (χ4v) is 2.15. The van der Waals surface area contributed by atoms with E-state index < -0.39 is 11.7 Å². The molecular weight excluding hydrogens is 299 g/mol. The molecule has 2 amide bonds. The Balaban J connectivity index is 2.27. The lowest BCUT2D eigenvalue weighted by Crippen LogP contribution is -2.20. The number of anilines is 1. The van der Waals surface area contributed by atoms with Crippen molar-refractivity contribution in [3.8, 4) is 5.75 Å². The smallest absolute Gasteiger partial charge is 0.255 e. The van der Waals surface area contributed by atoms with Crippen molar-refractivity contribution in [3.05, 3.63) is 58.9 Å². The predicted molar refractivity (Wildman–Crippen MR) is 85.5 cm³/mol. The highest BCUT2D eigenvalue weighted by atomic mass is 19.1. The molecule has 0 aliphatic heterocycles. The van der Waals surface area contributed by atoms with Crippen molar-refractivity contribution >= 4 is 17.5 Å². The number of carbonyl (C=O) groups is 2. The molecule has 0 saturated heterocycles. The third kappa shape index (κ3) is 3.48. The van der Waals surface area contributed by atoms with Crippen molar-refractivity contribution < 1.29 is 18.7 Å². The van der Waals surface area contributed by atoms with E-state index in [4.69, 9.17) is 4.74 Å². The largest absolute Gasteiger partial charge is 0.494 e. The molecule has 2 aromatic carbocycles. The van der Waals surface area contributed by atoms with Crippen LogP contribution >= 0.6 is 0 Å². The number of hydrogen-bond donors (Lipinski definition) is 2. The molecule has 6 heteroatoms. The molecule has 5 nitrogen and oxygen atoms in total. The molecule has 0 spiro atoms. The Morgan fingerprint density at radius 3 is 2.48 bits per heavy atom. The number of amides is 2. The minimum Gasteiger partial charge on any atom is -0.494 e. The number of methoxy groups -OCH3 is 1. The van der Waals surface area contributed by atoms with Crippen LogP contribution in [0.3, 0.4) is 0 Å². The maximum atomic E-state index is 13.7. The van der Waals surface area contributed by atoms with E-state index in [2.05, 4.69) is 10.6 Å². The summed E-state index contributed by atoms with van der Waals surface area (Å²) >= 11 is 0. The Hall–Kier alpha value is -2.89. The van der Waals surface area contributed by atoms with E-state index in [1.54, 1.807) is 25.1 Å². The van der Waals surface area contributed by atoms with Gasteiger partial charge in [-0.3, -0.25) is 9.59 Å². The van der Waals surface area contributed by atoms with Crippen molar-refractivity contribution in [3.63, 3.8) is 0 Å². The van der Waals surface area contributed by atoms with Crippen molar-refractivity contribution in [1.29, 1.82) is 0 Å². The van der Waals surface area contributed by atoms with Gasteiger partial charge in [0.25, 0.3) is 11.8 Å². The molecule has 0 aromatic heterocycles. The maximum absolute atomic E-state index is 13.7. The summed E-state index contributed by atoms with van der Waals surface area (Å²) in [6.07, 6.45) is 0. The Kier molecular flexibility index (Phi) is 4.95. The molecule has 0 radical (unpaired) electrons. The predicted octanol–water partition coefficient (Wildman–Crippen LogP) is 2.75. The van der Waals surface area contributed by atoms with E-state index in [-0.39, 0.29) is 17.2 Å². The molecule has 0 fully saturated rings. The third-order valence-corrected chi connectivity index (χ3v) is 3.47. The van der Waals surface area contributed by atoms with Gasteiger partial charge in [0.1, 0.15) is 0 Å². The van der Waals surface area contributed by atoms with Crippen LogP contribution in [0.4, 0.5) is 10.1 Å². The number of benzene rings is 2. The molecule has 2 rings (SSSR count). The van der Waals surface area contributed by atoms with E-state index in [1.807, 2.05) is 0 Å². The Morgan fingerprint density at radius 2 is 1.87 bits per heavy atom. The first-order chi connectivity index (χ1) is 11.0. The average Bonchev–Trinajstić information content (AvgIpc) is 2.55.